The Bertz CT molecular complexity index is 493. The number of ether oxygens (including phenoxy) is 1. The highest BCUT2D eigenvalue weighted by molar-refractivity contribution is 6.26. The summed E-state index contributed by atoms with van der Waals surface area (Å²) >= 11 is 0. The van der Waals surface area contributed by atoms with Gasteiger partial charge in [-0.15, -0.1) is 0 Å². The highest BCUT2D eigenvalue weighted by Gasteiger charge is 2.52. The van der Waals surface area contributed by atoms with Crippen molar-refractivity contribution in [2.75, 3.05) is 13.7 Å². The van der Waals surface area contributed by atoms with Gasteiger partial charge in [-0.25, -0.2) is 0 Å². The van der Waals surface area contributed by atoms with E-state index >= 15 is 0 Å². The number of hydrogen-bond acceptors (Lipinski definition) is 5. The maximum absolute atomic E-state index is 12.9. The summed E-state index contributed by atoms with van der Waals surface area (Å²) in [4.78, 5) is 42.0. The Hall–Kier alpha value is -1.52. The molecular weight excluding hydrogens is 294 g/mol. The van der Waals surface area contributed by atoms with Crippen LogP contribution in [-0.2, 0) is 19.1 Å². The summed E-state index contributed by atoms with van der Waals surface area (Å²) in [7, 11) is 1.28. The van der Waals surface area contributed by atoms with E-state index in [4.69, 9.17) is 4.74 Å². The normalized spacial score (nSPS) is 25.4. The zero-order chi connectivity index (χ0) is 17.6. The summed E-state index contributed by atoms with van der Waals surface area (Å²) < 4.78 is 4.81. The van der Waals surface area contributed by atoms with Crippen molar-refractivity contribution >= 4 is 23.2 Å². The lowest BCUT2D eigenvalue weighted by molar-refractivity contribution is -0.156. The van der Waals surface area contributed by atoms with Gasteiger partial charge < -0.3 is 4.74 Å². The summed E-state index contributed by atoms with van der Waals surface area (Å²) in [5.41, 5.74) is 0.0603. The van der Waals surface area contributed by atoms with Crippen molar-refractivity contribution in [2.24, 2.45) is 22.2 Å². The van der Waals surface area contributed by atoms with Crippen molar-refractivity contribution in [1.82, 2.24) is 0 Å². The molecule has 23 heavy (non-hydrogen) atoms. The van der Waals surface area contributed by atoms with Crippen LogP contribution in [-0.4, -0.2) is 36.9 Å². The molecule has 0 aliphatic heterocycles. The van der Waals surface area contributed by atoms with Gasteiger partial charge in [0.25, 0.3) is 0 Å². The molecule has 0 aromatic rings. The number of carbonyl (C=O) groups excluding carboxylic acids is 3. The van der Waals surface area contributed by atoms with E-state index in [1.165, 1.54) is 7.11 Å². The number of ketones is 2. The number of Topliss-reactive ketones (excluding diaryl/α,β-unsaturated/α-hetero) is 2. The Balaban J connectivity index is 3.21. The summed E-state index contributed by atoms with van der Waals surface area (Å²) in [6.07, 6.45) is 3.41. The molecule has 1 aliphatic carbocycles. The third-order valence-corrected chi connectivity index (χ3v) is 4.40. The van der Waals surface area contributed by atoms with Gasteiger partial charge in [-0.1, -0.05) is 34.1 Å². The lowest BCUT2D eigenvalue weighted by Gasteiger charge is -2.39. The van der Waals surface area contributed by atoms with Crippen LogP contribution in [0.4, 0.5) is 0 Å². The highest BCUT2D eigenvalue weighted by Crippen LogP contribution is 2.41. The van der Waals surface area contributed by atoms with Crippen LogP contribution in [0.25, 0.3) is 0 Å². The van der Waals surface area contributed by atoms with Crippen molar-refractivity contribution in [3.8, 4) is 0 Å². The molecule has 1 rings (SSSR count). The molecule has 0 saturated heterocycles. The lowest BCUT2D eigenvalue weighted by atomic mass is 9.62. The number of unbranched alkanes of at least 4 members (excludes halogenated alkanes) is 1. The largest absolute Gasteiger partial charge is 0.468 e. The van der Waals surface area contributed by atoms with Crippen LogP contribution in [0.2, 0.25) is 0 Å². The van der Waals surface area contributed by atoms with E-state index in [2.05, 4.69) is 11.9 Å². The number of carbonyl (C=O) groups is 3. The molecule has 1 fully saturated rings. The highest BCUT2D eigenvalue weighted by atomic mass is 16.5. The molecule has 0 aromatic heterocycles. The zero-order valence-electron chi connectivity index (χ0n) is 15.0. The van der Waals surface area contributed by atoms with Gasteiger partial charge in [0.2, 0.25) is 0 Å². The van der Waals surface area contributed by atoms with Crippen molar-refractivity contribution in [1.29, 1.82) is 0 Å². The number of hydrogen-bond donors (Lipinski definition) is 0. The van der Waals surface area contributed by atoms with Crippen LogP contribution in [0.15, 0.2) is 4.99 Å². The quantitative estimate of drug-likeness (QED) is 0.410. The van der Waals surface area contributed by atoms with E-state index in [9.17, 15) is 14.4 Å². The van der Waals surface area contributed by atoms with Crippen LogP contribution in [0.5, 0.6) is 0 Å². The summed E-state index contributed by atoms with van der Waals surface area (Å²) in [6.45, 7) is 8.32. The first-order valence-corrected chi connectivity index (χ1v) is 8.47. The van der Waals surface area contributed by atoms with Gasteiger partial charge in [-0.3, -0.25) is 19.4 Å². The molecule has 0 spiro atoms. The standard InChI is InChI=1S/C18H29NO4/c1-6-8-10-19-12-11-18(3,4)15(17(22)23-5)16(21)14(12)13(20)9-7-2/h14-15H,6-11H2,1-5H3/t14?,15-/m1/s1. The molecule has 1 unspecified atom stereocenters. The first kappa shape index (κ1) is 19.5. The zero-order valence-corrected chi connectivity index (χ0v) is 15.0. The SMILES string of the molecule is CCCCN=C1CC(C)(C)[C@@H](C(=O)OC)C(=O)C1C(=O)CCC. The monoisotopic (exact) mass is 323 g/mol. The average Bonchev–Trinajstić information content (AvgIpc) is 2.46. The van der Waals surface area contributed by atoms with E-state index in [0.717, 1.165) is 12.8 Å². The minimum absolute atomic E-state index is 0.128. The second-order valence-electron chi connectivity index (χ2n) is 6.90. The summed E-state index contributed by atoms with van der Waals surface area (Å²) in [5.74, 6) is -2.80. The summed E-state index contributed by atoms with van der Waals surface area (Å²) in [5, 5.41) is 0. The average molecular weight is 323 g/mol. The Morgan fingerprint density at radius 2 is 1.91 bits per heavy atom. The molecule has 0 aromatic carbocycles. The van der Waals surface area contributed by atoms with E-state index in [-0.39, 0.29) is 11.6 Å². The molecule has 1 aliphatic rings. The number of aliphatic imine (C=N–C) groups is 1. The molecule has 130 valence electrons. The fourth-order valence-electron chi connectivity index (χ4n) is 3.20. The van der Waals surface area contributed by atoms with Gasteiger partial charge in [-0.05, 0) is 24.7 Å². The minimum atomic E-state index is -0.900. The topological polar surface area (TPSA) is 72.8 Å². The van der Waals surface area contributed by atoms with Crippen molar-refractivity contribution in [3.63, 3.8) is 0 Å². The van der Waals surface area contributed by atoms with Crippen molar-refractivity contribution in [3.05, 3.63) is 0 Å². The maximum atomic E-state index is 12.9. The fourth-order valence-corrected chi connectivity index (χ4v) is 3.20. The van der Waals surface area contributed by atoms with Gasteiger partial charge in [0, 0.05) is 18.7 Å². The molecule has 2 atom stereocenters. The molecule has 0 radical (unpaired) electrons. The first-order chi connectivity index (χ1) is 10.8. The predicted molar refractivity (Wildman–Crippen MR) is 89.5 cm³/mol. The lowest BCUT2D eigenvalue weighted by Crippen LogP contribution is -2.52. The fraction of sp³-hybridized carbons (Fsp3) is 0.778. The van der Waals surface area contributed by atoms with Crippen molar-refractivity contribution < 1.29 is 19.1 Å². The Kier molecular flexibility index (Phi) is 7.10. The molecule has 0 N–H and O–H groups in total. The van der Waals surface area contributed by atoms with Gasteiger partial charge in [0.15, 0.2) is 5.78 Å². The van der Waals surface area contributed by atoms with E-state index < -0.39 is 23.2 Å². The predicted octanol–water partition coefficient (Wildman–Crippen LogP) is 3.00. The number of rotatable bonds is 7. The van der Waals surface area contributed by atoms with Crippen LogP contribution in [0.3, 0.4) is 0 Å². The number of nitrogens with zero attached hydrogens (tertiary/aromatic N) is 1. The Morgan fingerprint density at radius 1 is 1.26 bits per heavy atom. The molecule has 5 heteroatoms. The second-order valence-corrected chi connectivity index (χ2v) is 6.90. The van der Waals surface area contributed by atoms with Crippen LogP contribution >= 0.6 is 0 Å². The summed E-state index contributed by atoms with van der Waals surface area (Å²) in [6, 6.07) is 0. The second kappa shape index (κ2) is 8.37. The Labute approximate surface area is 138 Å². The van der Waals surface area contributed by atoms with Crippen LogP contribution < -0.4 is 0 Å². The molecule has 0 amide bonds. The van der Waals surface area contributed by atoms with E-state index in [0.29, 0.717) is 31.5 Å². The molecule has 5 nitrogen and oxygen atoms in total. The maximum Gasteiger partial charge on any atom is 0.316 e. The van der Waals surface area contributed by atoms with Crippen LogP contribution in [0, 0.1) is 17.3 Å². The smallest absolute Gasteiger partial charge is 0.316 e. The van der Waals surface area contributed by atoms with Gasteiger partial charge >= 0.3 is 5.97 Å². The first-order valence-electron chi connectivity index (χ1n) is 8.47. The molecule has 0 heterocycles. The van der Waals surface area contributed by atoms with Gasteiger partial charge in [0.1, 0.15) is 17.6 Å². The van der Waals surface area contributed by atoms with Gasteiger partial charge in [0.05, 0.1) is 7.11 Å². The van der Waals surface area contributed by atoms with E-state index in [1.807, 2.05) is 20.8 Å². The minimum Gasteiger partial charge on any atom is -0.468 e. The van der Waals surface area contributed by atoms with Crippen molar-refractivity contribution in [2.45, 2.75) is 59.8 Å². The van der Waals surface area contributed by atoms with Crippen LogP contribution in [0.1, 0.15) is 59.8 Å². The molecule has 1 saturated carbocycles. The van der Waals surface area contributed by atoms with E-state index in [1.54, 1.807) is 0 Å². The number of methoxy groups -OCH3 is 1. The molecular formula is C18H29NO4. The Morgan fingerprint density at radius 3 is 2.43 bits per heavy atom. The third-order valence-electron chi connectivity index (χ3n) is 4.40. The van der Waals surface area contributed by atoms with Gasteiger partial charge in [-0.2, -0.15) is 0 Å². The molecule has 0 bridgehead atoms. The third kappa shape index (κ3) is 4.49. The number of esters is 1.